The van der Waals surface area contributed by atoms with Gasteiger partial charge in [0.15, 0.2) is 0 Å². The SMILES string of the molecule is Fc1ccc(Cc2nnc(N3CCC(c4ncn[nH]4)CC3)s2)cc1. The van der Waals surface area contributed by atoms with Crippen molar-refractivity contribution < 1.29 is 4.39 Å². The van der Waals surface area contributed by atoms with Crippen LogP contribution in [0, 0.1) is 5.82 Å². The molecule has 0 spiro atoms. The molecule has 3 heterocycles. The summed E-state index contributed by atoms with van der Waals surface area (Å²) < 4.78 is 13.0. The number of benzene rings is 1. The fraction of sp³-hybridized carbons (Fsp3) is 0.375. The molecule has 0 saturated carbocycles. The number of halogens is 1. The minimum atomic E-state index is -0.216. The van der Waals surface area contributed by atoms with Gasteiger partial charge in [0.05, 0.1) is 0 Å². The topological polar surface area (TPSA) is 70.6 Å². The number of nitrogens with one attached hydrogen (secondary N) is 1. The molecule has 1 fully saturated rings. The molecule has 0 unspecified atom stereocenters. The number of piperidine rings is 1. The molecule has 0 amide bonds. The van der Waals surface area contributed by atoms with Crippen LogP contribution in [0.4, 0.5) is 9.52 Å². The monoisotopic (exact) mass is 344 g/mol. The van der Waals surface area contributed by atoms with Gasteiger partial charge in [-0.1, -0.05) is 23.5 Å². The number of rotatable bonds is 4. The van der Waals surface area contributed by atoms with Crippen molar-refractivity contribution in [2.45, 2.75) is 25.2 Å². The van der Waals surface area contributed by atoms with Gasteiger partial charge in [-0.3, -0.25) is 5.10 Å². The largest absolute Gasteiger partial charge is 0.347 e. The molecular weight excluding hydrogens is 327 g/mol. The molecule has 8 heteroatoms. The lowest BCUT2D eigenvalue weighted by molar-refractivity contribution is 0.486. The second-order valence-electron chi connectivity index (χ2n) is 5.91. The molecular formula is C16H17FN6S. The van der Waals surface area contributed by atoms with Gasteiger partial charge < -0.3 is 4.90 Å². The Morgan fingerprint density at radius 2 is 1.96 bits per heavy atom. The summed E-state index contributed by atoms with van der Waals surface area (Å²) in [5.74, 6) is 1.20. The van der Waals surface area contributed by atoms with Crippen LogP contribution in [0.1, 0.15) is 35.2 Å². The zero-order valence-corrected chi connectivity index (χ0v) is 13.8. The first kappa shape index (κ1) is 15.2. The predicted octanol–water partition coefficient (Wildman–Crippen LogP) is 2.77. The molecule has 3 aromatic rings. The number of aromatic nitrogens is 5. The van der Waals surface area contributed by atoms with E-state index >= 15 is 0 Å². The first-order valence-electron chi connectivity index (χ1n) is 7.95. The van der Waals surface area contributed by atoms with Gasteiger partial charge in [-0.05, 0) is 30.5 Å². The van der Waals surface area contributed by atoms with E-state index in [9.17, 15) is 4.39 Å². The van der Waals surface area contributed by atoms with Gasteiger partial charge in [0.25, 0.3) is 0 Å². The van der Waals surface area contributed by atoms with Gasteiger partial charge in [-0.25, -0.2) is 9.37 Å². The Hall–Kier alpha value is -2.35. The van der Waals surface area contributed by atoms with Gasteiger partial charge >= 0.3 is 0 Å². The summed E-state index contributed by atoms with van der Waals surface area (Å²) in [4.78, 5) is 6.53. The number of aromatic amines is 1. The molecule has 1 aliphatic heterocycles. The predicted molar refractivity (Wildman–Crippen MR) is 89.7 cm³/mol. The number of nitrogens with zero attached hydrogens (tertiary/aromatic N) is 5. The van der Waals surface area contributed by atoms with Crippen molar-refractivity contribution in [2.75, 3.05) is 18.0 Å². The van der Waals surface area contributed by atoms with Crippen LogP contribution < -0.4 is 4.90 Å². The zero-order valence-electron chi connectivity index (χ0n) is 13.0. The van der Waals surface area contributed by atoms with Crippen LogP contribution in [-0.2, 0) is 6.42 Å². The molecule has 0 aliphatic carbocycles. The van der Waals surface area contributed by atoms with E-state index in [2.05, 4.69) is 30.3 Å². The lowest BCUT2D eigenvalue weighted by atomic mass is 9.96. The van der Waals surface area contributed by atoms with Gasteiger partial charge in [0, 0.05) is 25.4 Å². The fourth-order valence-corrected chi connectivity index (χ4v) is 3.90. The van der Waals surface area contributed by atoms with Crippen LogP contribution in [-0.4, -0.2) is 38.5 Å². The van der Waals surface area contributed by atoms with Gasteiger partial charge in [0.2, 0.25) is 5.13 Å². The summed E-state index contributed by atoms with van der Waals surface area (Å²) in [7, 11) is 0. The summed E-state index contributed by atoms with van der Waals surface area (Å²) in [5, 5.41) is 17.4. The Morgan fingerprint density at radius 1 is 1.17 bits per heavy atom. The smallest absolute Gasteiger partial charge is 0.208 e. The van der Waals surface area contributed by atoms with E-state index in [0.717, 1.165) is 47.5 Å². The average Bonchev–Trinajstić information content (AvgIpc) is 3.29. The van der Waals surface area contributed by atoms with E-state index in [1.165, 1.54) is 12.1 Å². The van der Waals surface area contributed by atoms with E-state index in [-0.39, 0.29) is 5.82 Å². The molecule has 0 atom stereocenters. The Labute approximate surface area is 142 Å². The number of anilines is 1. The molecule has 1 N–H and O–H groups in total. The highest BCUT2D eigenvalue weighted by Crippen LogP contribution is 2.30. The Bertz CT molecular complexity index is 777. The molecule has 1 aromatic carbocycles. The molecule has 6 nitrogen and oxygen atoms in total. The molecule has 2 aromatic heterocycles. The van der Waals surface area contributed by atoms with E-state index in [0.29, 0.717) is 12.3 Å². The highest BCUT2D eigenvalue weighted by atomic mass is 32.1. The summed E-state index contributed by atoms with van der Waals surface area (Å²) in [5.41, 5.74) is 1.04. The third kappa shape index (κ3) is 3.28. The zero-order chi connectivity index (χ0) is 16.4. The molecule has 0 radical (unpaired) electrons. The maximum atomic E-state index is 13.0. The molecule has 124 valence electrons. The highest BCUT2D eigenvalue weighted by Gasteiger charge is 2.24. The van der Waals surface area contributed by atoms with Gasteiger partial charge in [-0.2, -0.15) is 5.10 Å². The Kier molecular flexibility index (Phi) is 4.20. The van der Waals surface area contributed by atoms with Crippen molar-refractivity contribution in [1.82, 2.24) is 25.4 Å². The van der Waals surface area contributed by atoms with Crippen molar-refractivity contribution >= 4 is 16.5 Å². The third-order valence-corrected chi connectivity index (χ3v) is 5.29. The maximum Gasteiger partial charge on any atom is 0.208 e. The number of hydrogen-bond donors (Lipinski definition) is 1. The van der Waals surface area contributed by atoms with Crippen LogP contribution in [0.15, 0.2) is 30.6 Å². The quantitative estimate of drug-likeness (QED) is 0.788. The summed E-state index contributed by atoms with van der Waals surface area (Å²) in [6.45, 7) is 1.88. The molecule has 0 bridgehead atoms. The van der Waals surface area contributed by atoms with E-state index < -0.39 is 0 Å². The highest BCUT2D eigenvalue weighted by molar-refractivity contribution is 7.15. The van der Waals surface area contributed by atoms with Crippen LogP contribution in [0.5, 0.6) is 0 Å². The first-order valence-corrected chi connectivity index (χ1v) is 8.76. The Morgan fingerprint density at radius 3 is 2.67 bits per heavy atom. The maximum absolute atomic E-state index is 13.0. The summed E-state index contributed by atoms with van der Waals surface area (Å²) >= 11 is 1.61. The van der Waals surface area contributed by atoms with Crippen LogP contribution in [0.25, 0.3) is 0 Å². The van der Waals surface area contributed by atoms with E-state index in [1.54, 1.807) is 29.8 Å². The van der Waals surface area contributed by atoms with E-state index in [4.69, 9.17) is 0 Å². The standard InChI is InChI=1S/C16H17FN6S/c17-13-3-1-11(2-4-13)9-14-20-22-16(24-14)23-7-5-12(6-8-23)15-18-10-19-21-15/h1-4,10,12H,5-9H2,(H,18,19,21). The minimum absolute atomic E-state index is 0.216. The average molecular weight is 344 g/mol. The third-order valence-electron chi connectivity index (χ3n) is 4.31. The van der Waals surface area contributed by atoms with Crippen molar-refractivity contribution in [1.29, 1.82) is 0 Å². The van der Waals surface area contributed by atoms with Crippen molar-refractivity contribution in [2.24, 2.45) is 0 Å². The first-order chi connectivity index (χ1) is 11.8. The second-order valence-corrected chi connectivity index (χ2v) is 6.95. The molecule has 4 rings (SSSR count). The summed E-state index contributed by atoms with van der Waals surface area (Å²) in [6, 6.07) is 6.54. The number of hydrogen-bond acceptors (Lipinski definition) is 6. The number of H-pyrrole nitrogens is 1. The normalized spacial score (nSPS) is 15.8. The lowest BCUT2D eigenvalue weighted by Gasteiger charge is -2.30. The lowest BCUT2D eigenvalue weighted by Crippen LogP contribution is -2.33. The van der Waals surface area contributed by atoms with Crippen molar-refractivity contribution in [3.8, 4) is 0 Å². The van der Waals surface area contributed by atoms with Gasteiger partial charge in [-0.15, -0.1) is 10.2 Å². The fourth-order valence-electron chi connectivity index (χ4n) is 2.98. The van der Waals surface area contributed by atoms with Crippen LogP contribution >= 0.6 is 11.3 Å². The van der Waals surface area contributed by atoms with E-state index in [1.807, 2.05) is 0 Å². The van der Waals surface area contributed by atoms with Crippen LogP contribution in [0.3, 0.4) is 0 Å². The van der Waals surface area contributed by atoms with Crippen molar-refractivity contribution in [3.63, 3.8) is 0 Å². The van der Waals surface area contributed by atoms with Crippen LogP contribution in [0.2, 0.25) is 0 Å². The van der Waals surface area contributed by atoms with Gasteiger partial charge in [0.1, 0.15) is 23.0 Å². The molecule has 1 aliphatic rings. The molecule has 24 heavy (non-hydrogen) atoms. The Balaban J connectivity index is 1.38. The second kappa shape index (κ2) is 6.64. The van der Waals surface area contributed by atoms with Crippen molar-refractivity contribution in [3.05, 3.63) is 52.8 Å². The summed E-state index contributed by atoms with van der Waals surface area (Å²) in [6.07, 6.45) is 4.31. The molecule has 1 saturated heterocycles. The minimum Gasteiger partial charge on any atom is -0.347 e.